The fourth-order valence-electron chi connectivity index (χ4n) is 3.07. The van der Waals surface area contributed by atoms with Gasteiger partial charge < -0.3 is 5.32 Å². The number of nitrogens with one attached hydrogen (secondary N) is 2. The Balaban J connectivity index is 1.91. The number of hydrogen-bond donors (Lipinski definition) is 2. The van der Waals surface area contributed by atoms with Crippen LogP contribution in [-0.4, -0.2) is 19.2 Å². The maximum atomic E-state index is 14.0. The lowest BCUT2D eigenvalue weighted by Gasteiger charge is -2.13. The minimum atomic E-state index is -3.96. The first-order valence-electron chi connectivity index (χ1n) is 9.44. The van der Waals surface area contributed by atoms with Gasteiger partial charge in [-0.1, -0.05) is 18.2 Å². The molecule has 3 aromatic rings. The number of nitro benzene ring substituents is 1. The van der Waals surface area contributed by atoms with Crippen LogP contribution in [0.2, 0.25) is 0 Å². The zero-order valence-electron chi connectivity index (χ0n) is 17.5. The summed E-state index contributed by atoms with van der Waals surface area (Å²) >= 11 is 0. The van der Waals surface area contributed by atoms with Gasteiger partial charge in [-0.15, -0.1) is 0 Å². The quantitative estimate of drug-likeness (QED) is 0.410. The van der Waals surface area contributed by atoms with E-state index >= 15 is 0 Å². The molecule has 0 saturated heterocycles. The third kappa shape index (κ3) is 4.92. The van der Waals surface area contributed by atoms with Crippen LogP contribution >= 0.6 is 0 Å². The molecule has 8 nitrogen and oxygen atoms in total. The zero-order valence-corrected chi connectivity index (χ0v) is 18.3. The van der Waals surface area contributed by atoms with Crippen molar-refractivity contribution in [2.24, 2.45) is 0 Å². The SMILES string of the molecule is Cc1cccc(NS(=O)(=O)c2cc(NC(=O)c3cc(F)c(C)c([N+](=O)[O-])c3)ccc2C)c1. The summed E-state index contributed by atoms with van der Waals surface area (Å²) in [6, 6.07) is 13.0. The number of nitrogens with zero attached hydrogens (tertiary/aromatic N) is 1. The number of benzene rings is 3. The highest BCUT2D eigenvalue weighted by atomic mass is 32.2. The van der Waals surface area contributed by atoms with E-state index in [4.69, 9.17) is 0 Å². The Labute approximate surface area is 184 Å². The van der Waals surface area contributed by atoms with Crippen LogP contribution in [0.15, 0.2) is 59.5 Å². The second-order valence-corrected chi connectivity index (χ2v) is 8.92. The molecule has 0 fully saturated rings. The average molecular weight is 457 g/mol. The van der Waals surface area contributed by atoms with Gasteiger partial charge in [0.05, 0.1) is 15.4 Å². The smallest absolute Gasteiger partial charge is 0.276 e. The van der Waals surface area contributed by atoms with Crippen molar-refractivity contribution < 1.29 is 22.5 Å². The molecule has 166 valence electrons. The second kappa shape index (κ2) is 8.75. The van der Waals surface area contributed by atoms with Crippen molar-refractivity contribution in [1.82, 2.24) is 0 Å². The van der Waals surface area contributed by atoms with Crippen molar-refractivity contribution in [3.05, 3.63) is 92.8 Å². The molecule has 1 amide bonds. The Morgan fingerprint density at radius 3 is 2.38 bits per heavy atom. The first-order valence-corrected chi connectivity index (χ1v) is 10.9. The van der Waals surface area contributed by atoms with E-state index in [1.807, 2.05) is 13.0 Å². The lowest BCUT2D eigenvalue weighted by atomic mass is 10.1. The normalized spacial score (nSPS) is 11.1. The maximum Gasteiger partial charge on any atom is 0.276 e. The van der Waals surface area contributed by atoms with Crippen molar-refractivity contribution in [1.29, 1.82) is 0 Å². The topological polar surface area (TPSA) is 118 Å². The van der Waals surface area contributed by atoms with Crippen molar-refractivity contribution in [3.63, 3.8) is 0 Å². The Bertz CT molecular complexity index is 1340. The summed E-state index contributed by atoms with van der Waals surface area (Å²) < 4.78 is 42.3. The summed E-state index contributed by atoms with van der Waals surface area (Å²) in [5.41, 5.74) is 0.877. The third-order valence-electron chi connectivity index (χ3n) is 4.78. The molecule has 0 aliphatic rings. The molecule has 3 aromatic carbocycles. The van der Waals surface area contributed by atoms with Crippen LogP contribution in [0.3, 0.4) is 0 Å². The fraction of sp³-hybridized carbons (Fsp3) is 0.136. The van der Waals surface area contributed by atoms with Crippen LogP contribution < -0.4 is 10.0 Å². The van der Waals surface area contributed by atoms with E-state index in [1.165, 1.54) is 25.1 Å². The van der Waals surface area contributed by atoms with E-state index < -0.39 is 32.4 Å². The first kappa shape index (κ1) is 22.9. The number of carbonyl (C=O) groups is 1. The van der Waals surface area contributed by atoms with Crippen LogP contribution in [0.4, 0.5) is 21.5 Å². The number of anilines is 2. The fourth-order valence-corrected chi connectivity index (χ4v) is 4.40. The highest BCUT2D eigenvalue weighted by Crippen LogP contribution is 2.26. The summed E-state index contributed by atoms with van der Waals surface area (Å²) in [7, 11) is -3.96. The van der Waals surface area contributed by atoms with Gasteiger partial charge in [0.1, 0.15) is 5.82 Å². The van der Waals surface area contributed by atoms with Gasteiger partial charge in [-0.2, -0.15) is 0 Å². The number of aryl methyl sites for hydroxylation is 2. The minimum Gasteiger partial charge on any atom is -0.322 e. The number of halogens is 1. The van der Waals surface area contributed by atoms with Crippen LogP contribution in [0, 0.1) is 36.7 Å². The lowest BCUT2D eigenvalue weighted by Crippen LogP contribution is -2.16. The van der Waals surface area contributed by atoms with Crippen LogP contribution in [0.1, 0.15) is 27.0 Å². The van der Waals surface area contributed by atoms with E-state index in [0.29, 0.717) is 11.3 Å². The average Bonchev–Trinajstić information content (AvgIpc) is 2.70. The van der Waals surface area contributed by atoms with Gasteiger partial charge in [0.2, 0.25) is 0 Å². The molecule has 2 N–H and O–H groups in total. The highest BCUT2D eigenvalue weighted by molar-refractivity contribution is 7.92. The van der Waals surface area contributed by atoms with Gasteiger partial charge in [-0.3, -0.25) is 19.6 Å². The molecule has 0 atom stereocenters. The molecule has 32 heavy (non-hydrogen) atoms. The molecule has 3 rings (SSSR count). The number of nitro groups is 1. The van der Waals surface area contributed by atoms with Gasteiger partial charge in [-0.25, -0.2) is 12.8 Å². The monoisotopic (exact) mass is 457 g/mol. The summed E-state index contributed by atoms with van der Waals surface area (Å²) in [4.78, 5) is 22.8. The Hall–Kier alpha value is -3.79. The van der Waals surface area contributed by atoms with Crippen LogP contribution in [0.5, 0.6) is 0 Å². The van der Waals surface area contributed by atoms with E-state index in [0.717, 1.165) is 17.7 Å². The predicted octanol–water partition coefficient (Wildman–Crippen LogP) is 4.71. The Kier molecular flexibility index (Phi) is 6.26. The lowest BCUT2D eigenvalue weighted by molar-refractivity contribution is -0.385. The predicted molar refractivity (Wildman–Crippen MR) is 119 cm³/mol. The Morgan fingerprint density at radius 2 is 1.72 bits per heavy atom. The molecule has 0 unspecified atom stereocenters. The van der Waals surface area contributed by atoms with Gasteiger partial charge in [0.15, 0.2) is 0 Å². The largest absolute Gasteiger partial charge is 0.322 e. The van der Waals surface area contributed by atoms with E-state index in [-0.39, 0.29) is 21.7 Å². The summed E-state index contributed by atoms with van der Waals surface area (Å²) in [5.74, 6) is -1.70. The number of amides is 1. The molecule has 10 heteroatoms. The highest BCUT2D eigenvalue weighted by Gasteiger charge is 2.21. The van der Waals surface area contributed by atoms with E-state index in [2.05, 4.69) is 10.0 Å². The second-order valence-electron chi connectivity index (χ2n) is 7.27. The molecule has 0 saturated carbocycles. The third-order valence-corrected chi connectivity index (χ3v) is 6.30. The zero-order chi connectivity index (χ0) is 23.6. The molecule has 0 aromatic heterocycles. The minimum absolute atomic E-state index is 0.0575. The van der Waals surface area contributed by atoms with Crippen molar-refractivity contribution >= 4 is 33.0 Å². The summed E-state index contributed by atoms with van der Waals surface area (Å²) in [6.45, 7) is 4.68. The maximum absolute atomic E-state index is 14.0. The standard InChI is InChI=1S/C22H20FN3O5S/c1-13-5-4-6-18(9-13)25-32(30,31)21-12-17(8-7-14(21)2)24-22(27)16-10-19(23)15(3)20(11-16)26(28)29/h4-12,25H,1-3H3,(H,24,27). The number of sulfonamides is 1. The summed E-state index contributed by atoms with van der Waals surface area (Å²) in [5, 5.41) is 13.6. The molecule has 0 spiro atoms. The van der Waals surface area contributed by atoms with Gasteiger partial charge in [0, 0.05) is 23.0 Å². The Morgan fingerprint density at radius 1 is 1.00 bits per heavy atom. The number of carbonyl (C=O) groups excluding carboxylic acids is 1. The van der Waals surface area contributed by atoms with Crippen molar-refractivity contribution in [3.8, 4) is 0 Å². The molecule has 0 bridgehead atoms. The molecule has 0 heterocycles. The van der Waals surface area contributed by atoms with Crippen LogP contribution in [-0.2, 0) is 10.0 Å². The molecular formula is C22H20FN3O5S. The van der Waals surface area contributed by atoms with Crippen molar-refractivity contribution in [2.45, 2.75) is 25.7 Å². The van der Waals surface area contributed by atoms with Gasteiger partial charge >= 0.3 is 0 Å². The van der Waals surface area contributed by atoms with Crippen LogP contribution in [0.25, 0.3) is 0 Å². The number of rotatable bonds is 6. The molecular weight excluding hydrogens is 437 g/mol. The first-order chi connectivity index (χ1) is 15.0. The van der Waals surface area contributed by atoms with Gasteiger partial charge in [-0.05, 0) is 62.2 Å². The summed E-state index contributed by atoms with van der Waals surface area (Å²) in [6.07, 6.45) is 0. The van der Waals surface area contributed by atoms with E-state index in [1.54, 1.807) is 25.1 Å². The molecule has 0 radical (unpaired) electrons. The molecule has 0 aliphatic carbocycles. The van der Waals surface area contributed by atoms with Crippen molar-refractivity contribution in [2.75, 3.05) is 10.0 Å². The van der Waals surface area contributed by atoms with E-state index in [9.17, 15) is 27.7 Å². The molecule has 0 aliphatic heterocycles. The van der Waals surface area contributed by atoms with Gasteiger partial charge in [0.25, 0.3) is 21.6 Å². The number of hydrogen-bond acceptors (Lipinski definition) is 5.